The number of nitrogens with one attached hydrogen (secondary N) is 2. The topological polar surface area (TPSA) is 24.1 Å². The SMILES string of the molecule is Fc1ccc(CCNCCNC(c2ccccc2)c2ccccc2)cc1. The summed E-state index contributed by atoms with van der Waals surface area (Å²) in [5.74, 6) is -0.182. The molecule has 0 spiro atoms. The first-order valence-electron chi connectivity index (χ1n) is 9.11. The van der Waals surface area contributed by atoms with Gasteiger partial charge >= 0.3 is 0 Å². The van der Waals surface area contributed by atoms with E-state index in [1.807, 2.05) is 24.3 Å². The van der Waals surface area contributed by atoms with Gasteiger partial charge in [0.15, 0.2) is 0 Å². The summed E-state index contributed by atoms with van der Waals surface area (Å²) < 4.78 is 12.9. The third-order valence-electron chi connectivity index (χ3n) is 4.42. The highest BCUT2D eigenvalue weighted by Gasteiger charge is 2.12. The van der Waals surface area contributed by atoms with Crippen LogP contribution in [0.25, 0.3) is 0 Å². The Morgan fingerprint density at radius 1 is 0.654 bits per heavy atom. The number of hydrogen-bond donors (Lipinski definition) is 2. The molecule has 0 amide bonds. The molecule has 2 nitrogen and oxygen atoms in total. The van der Waals surface area contributed by atoms with Crippen LogP contribution >= 0.6 is 0 Å². The molecule has 3 aromatic carbocycles. The fraction of sp³-hybridized carbons (Fsp3) is 0.217. The van der Waals surface area contributed by atoms with Crippen LogP contribution in [0, 0.1) is 5.82 Å². The van der Waals surface area contributed by atoms with Gasteiger partial charge in [0.25, 0.3) is 0 Å². The molecular formula is C23H25FN2. The molecule has 3 aromatic rings. The Kier molecular flexibility index (Phi) is 6.94. The van der Waals surface area contributed by atoms with Crippen LogP contribution in [0.4, 0.5) is 4.39 Å². The molecule has 0 aromatic heterocycles. The first-order valence-corrected chi connectivity index (χ1v) is 9.11. The second-order valence-electron chi connectivity index (χ2n) is 6.33. The highest BCUT2D eigenvalue weighted by Crippen LogP contribution is 2.21. The van der Waals surface area contributed by atoms with Gasteiger partial charge in [-0.2, -0.15) is 0 Å². The monoisotopic (exact) mass is 348 g/mol. The summed E-state index contributed by atoms with van der Waals surface area (Å²) in [4.78, 5) is 0. The van der Waals surface area contributed by atoms with Crippen molar-refractivity contribution in [2.45, 2.75) is 12.5 Å². The minimum absolute atomic E-state index is 0.182. The van der Waals surface area contributed by atoms with Crippen molar-refractivity contribution in [1.29, 1.82) is 0 Å². The summed E-state index contributed by atoms with van der Waals surface area (Å²) in [6.45, 7) is 2.64. The van der Waals surface area contributed by atoms with E-state index in [0.717, 1.165) is 31.6 Å². The number of hydrogen-bond acceptors (Lipinski definition) is 2. The molecule has 0 heterocycles. The van der Waals surface area contributed by atoms with E-state index in [0.29, 0.717) is 0 Å². The maximum absolute atomic E-state index is 12.9. The van der Waals surface area contributed by atoms with Gasteiger partial charge in [0.05, 0.1) is 6.04 Å². The summed E-state index contributed by atoms with van der Waals surface area (Å²) in [6, 6.07) is 27.9. The van der Waals surface area contributed by atoms with E-state index in [1.54, 1.807) is 0 Å². The maximum Gasteiger partial charge on any atom is 0.123 e. The molecule has 0 bridgehead atoms. The molecule has 0 saturated heterocycles. The summed E-state index contributed by atoms with van der Waals surface area (Å²) in [5, 5.41) is 7.10. The minimum Gasteiger partial charge on any atom is -0.315 e. The van der Waals surface area contributed by atoms with Gasteiger partial charge in [0.1, 0.15) is 5.82 Å². The van der Waals surface area contributed by atoms with Crippen LogP contribution in [0.3, 0.4) is 0 Å². The molecule has 0 unspecified atom stereocenters. The van der Waals surface area contributed by atoms with Gasteiger partial charge in [-0.1, -0.05) is 72.8 Å². The van der Waals surface area contributed by atoms with E-state index in [9.17, 15) is 4.39 Å². The lowest BCUT2D eigenvalue weighted by molar-refractivity contribution is 0.566. The fourth-order valence-corrected chi connectivity index (χ4v) is 3.03. The van der Waals surface area contributed by atoms with Crippen LogP contribution in [0.2, 0.25) is 0 Å². The molecule has 134 valence electrons. The molecule has 0 atom stereocenters. The predicted molar refractivity (Wildman–Crippen MR) is 106 cm³/mol. The van der Waals surface area contributed by atoms with Crippen LogP contribution in [0.15, 0.2) is 84.9 Å². The number of benzene rings is 3. The Bertz CT molecular complexity index is 718. The van der Waals surface area contributed by atoms with Crippen molar-refractivity contribution < 1.29 is 4.39 Å². The number of halogens is 1. The van der Waals surface area contributed by atoms with Gasteiger partial charge in [-0.3, -0.25) is 0 Å². The average molecular weight is 348 g/mol. The Morgan fingerprint density at radius 2 is 1.23 bits per heavy atom. The fourth-order valence-electron chi connectivity index (χ4n) is 3.03. The standard InChI is InChI=1S/C23H25FN2/c24-22-13-11-19(12-14-22)15-16-25-17-18-26-23(20-7-3-1-4-8-20)21-9-5-2-6-10-21/h1-14,23,25-26H,15-18H2. The van der Waals surface area contributed by atoms with E-state index < -0.39 is 0 Å². The quantitative estimate of drug-likeness (QED) is 0.562. The van der Waals surface area contributed by atoms with Crippen LogP contribution in [-0.2, 0) is 6.42 Å². The van der Waals surface area contributed by atoms with Gasteiger partial charge in [0, 0.05) is 13.1 Å². The number of rotatable bonds is 9. The minimum atomic E-state index is -0.182. The van der Waals surface area contributed by atoms with Crippen molar-refractivity contribution in [3.63, 3.8) is 0 Å². The molecule has 26 heavy (non-hydrogen) atoms. The zero-order valence-electron chi connectivity index (χ0n) is 14.9. The Balaban J connectivity index is 1.47. The molecule has 2 N–H and O–H groups in total. The zero-order chi connectivity index (χ0) is 18.0. The van der Waals surface area contributed by atoms with E-state index in [-0.39, 0.29) is 11.9 Å². The first-order chi connectivity index (χ1) is 12.8. The van der Waals surface area contributed by atoms with Crippen LogP contribution < -0.4 is 10.6 Å². The van der Waals surface area contributed by atoms with Crippen molar-refractivity contribution >= 4 is 0 Å². The van der Waals surface area contributed by atoms with E-state index in [4.69, 9.17) is 0 Å². The molecule has 3 rings (SSSR count). The third kappa shape index (κ3) is 5.51. The van der Waals surface area contributed by atoms with E-state index in [2.05, 4.69) is 59.2 Å². The maximum atomic E-state index is 12.9. The highest BCUT2D eigenvalue weighted by atomic mass is 19.1. The lowest BCUT2D eigenvalue weighted by atomic mass is 9.99. The van der Waals surface area contributed by atoms with Gasteiger partial charge in [0.2, 0.25) is 0 Å². The lowest BCUT2D eigenvalue weighted by Gasteiger charge is -2.20. The molecule has 0 saturated carbocycles. The Labute approximate surface area is 155 Å². The molecule has 0 aliphatic carbocycles. The Morgan fingerprint density at radius 3 is 1.81 bits per heavy atom. The summed E-state index contributed by atoms with van der Waals surface area (Å²) in [5.41, 5.74) is 3.69. The summed E-state index contributed by atoms with van der Waals surface area (Å²) in [6.07, 6.45) is 0.904. The zero-order valence-corrected chi connectivity index (χ0v) is 14.9. The van der Waals surface area contributed by atoms with Crippen molar-refractivity contribution in [3.05, 3.63) is 107 Å². The predicted octanol–water partition coefficient (Wildman–Crippen LogP) is 4.34. The molecular weight excluding hydrogens is 323 g/mol. The third-order valence-corrected chi connectivity index (χ3v) is 4.42. The molecule has 0 aliphatic heterocycles. The van der Waals surface area contributed by atoms with Crippen molar-refractivity contribution in [2.24, 2.45) is 0 Å². The molecule has 0 fully saturated rings. The average Bonchev–Trinajstić information content (AvgIpc) is 2.70. The smallest absolute Gasteiger partial charge is 0.123 e. The van der Waals surface area contributed by atoms with Gasteiger partial charge < -0.3 is 10.6 Å². The summed E-state index contributed by atoms with van der Waals surface area (Å²) in [7, 11) is 0. The van der Waals surface area contributed by atoms with Crippen molar-refractivity contribution in [2.75, 3.05) is 19.6 Å². The largest absolute Gasteiger partial charge is 0.315 e. The van der Waals surface area contributed by atoms with Crippen LogP contribution in [-0.4, -0.2) is 19.6 Å². The first kappa shape index (κ1) is 18.3. The highest BCUT2D eigenvalue weighted by molar-refractivity contribution is 5.31. The lowest BCUT2D eigenvalue weighted by Crippen LogP contribution is -2.31. The molecule has 0 aliphatic rings. The van der Waals surface area contributed by atoms with Crippen LogP contribution in [0.1, 0.15) is 22.7 Å². The van der Waals surface area contributed by atoms with Gasteiger partial charge in [-0.15, -0.1) is 0 Å². The Hall–Kier alpha value is -2.49. The second-order valence-corrected chi connectivity index (χ2v) is 6.33. The van der Waals surface area contributed by atoms with Crippen molar-refractivity contribution in [3.8, 4) is 0 Å². The molecule has 0 radical (unpaired) electrons. The van der Waals surface area contributed by atoms with Crippen molar-refractivity contribution in [1.82, 2.24) is 10.6 Å². The van der Waals surface area contributed by atoms with Gasteiger partial charge in [-0.05, 0) is 41.8 Å². The summed E-state index contributed by atoms with van der Waals surface area (Å²) >= 11 is 0. The van der Waals surface area contributed by atoms with Crippen LogP contribution in [0.5, 0.6) is 0 Å². The van der Waals surface area contributed by atoms with E-state index >= 15 is 0 Å². The van der Waals surface area contributed by atoms with Gasteiger partial charge in [-0.25, -0.2) is 4.39 Å². The second kappa shape index (κ2) is 9.85. The normalized spacial score (nSPS) is 11.0. The molecule has 3 heteroatoms. The van der Waals surface area contributed by atoms with E-state index in [1.165, 1.54) is 23.3 Å².